The van der Waals surface area contributed by atoms with Gasteiger partial charge in [0.15, 0.2) is 0 Å². The number of anilines is 1. The number of nitrogens with zero attached hydrogens (tertiary/aromatic N) is 1. The molecule has 0 aromatic heterocycles. The third-order valence-electron chi connectivity index (χ3n) is 3.09. The summed E-state index contributed by atoms with van der Waals surface area (Å²) in [4.78, 5) is 13.7. The highest BCUT2D eigenvalue weighted by molar-refractivity contribution is 9.10. The molecule has 2 N–H and O–H groups in total. The van der Waals surface area contributed by atoms with Gasteiger partial charge in [-0.25, -0.2) is 0 Å². The molecule has 1 aromatic rings. The lowest BCUT2D eigenvalue weighted by atomic mass is 10.1. The highest BCUT2D eigenvalue weighted by atomic mass is 79.9. The van der Waals surface area contributed by atoms with E-state index in [1.807, 2.05) is 25.1 Å². The molecule has 4 nitrogen and oxygen atoms in total. The number of ether oxygens (including phenoxy) is 1. The second-order valence-electron chi connectivity index (χ2n) is 4.45. The minimum Gasteiger partial charge on any atom is -0.366 e. The van der Waals surface area contributed by atoms with Gasteiger partial charge in [0.2, 0.25) is 0 Å². The van der Waals surface area contributed by atoms with E-state index in [0.717, 1.165) is 22.1 Å². The SMILES string of the molecule is Cc1ccc(N2CC(CCN)OCC2=O)cc1Br. The lowest BCUT2D eigenvalue weighted by Crippen LogP contribution is -2.47. The van der Waals surface area contributed by atoms with E-state index in [0.29, 0.717) is 13.1 Å². The van der Waals surface area contributed by atoms with Gasteiger partial charge in [0, 0.05) is 10.2 Å². The third-order valence-corrected chi connectivity index (χ3v) is 3.94. The average molecular weight is 313 g/mol. The molecule has 1 fully saturated rings. The quantitative estimate of drug-likeness (QED) is 0.926. The fourth-order valence-electron chi connectivity index (χ4n) is 1.98. The van der Waals surface area contributed by atoms with Gasteiger partial charge >= 0.3 is 0 Å². The monoisotopic (exact) mass is 312 g/mol. The Balaban J connectivity index is 2.18. The minimum atomic E-state index is -0.000903. The van der Waals surface area contributed by atoms with E-state index < -0.39 is 0 Å². The zero-order valence-electron chi connectivity index (χ0n) is 10.4. The van der Waals surface area contributed by atoms with Crippen molar-refractivity contribution in [3.05, 3.63) is 28.2 Å². The molecule has 0 bridgehead atoms. The van der Waals surface area contributed by atoms with Crippen molar-refractivity contribution in [1.29, 1.82) is 0 Å². The van der Waals surface area contributed by atoms with Crippen LogP contribution < -0.4 is 10.6 Å². The largest absolute Gasteiger partial charge is 0.366 e. The van der Waals surface area contributed by atoms with Crippen molar-refractivity contribution < 1.29 is 9.53 Å². The first-order valence-corrected chi connectivity index (χ1v) is 6.79. The molecule has 1 aromatic carbocycles. The number of rotatable bonds is 3. The second kappa shape index (κ2) is 5.82. The van der Waals surface area contributed by atoms with Crippen LogP contribution in [0.15, 0.2) is 22.7 Å². The molecule has 1 saturated heterocycles. The molecule has 1 aliphatic rings. The molecule has 0 radical (unpaired) electrons. The fourth-order valence-corrected chi connectivity index (χ4v) is 2.35. The molecule has 5 heteroatoms. The molecule has 1 aliphatic heterocycles. The molecule has 18 heavy (non-hydrogen) atoms. The zero-order valence-corrected chi connectivity index (χ0v) is 11.9. The number of carbonyl (C=O) groups is 1. The van der Waals surface area contributed by atoms with E-state index in [9.17, 15) is 4.79 Å². The molecule has 0 spiro atoms. The number of nitrogens with two attached hydrogens (primary N) is 1. The Bertz CT molecular complexity index is 451. The second-order valence-corrected chi connectivity index (χ2v) is 5.30. The molecule has 0 aliphatic carbocycles. The number of benzene rings is 1. The normalized spacial score (nSPS) is 20.3. The summed E-state index contributed by atoms with van der Waals surface area (Å²) in [7, 11) is 0. The van der Waals surface area contributed by atoms with Crippen molar-refractivity contribution in [2.24, 2.45) is 5.73 Å². The molecular weight excluding hydrogens is 296 g/mol. The first kappa shape index (κ1) is 13.5. The van der Waals surface area contributed by atoms with Crippen LogP contribution in [0, 0.1) is 6.92 Å². The Morgan fingerprint density at radius 2 is 2.33 bits per heavy atom. The van der Waals surface area contributed by atoms with Crippen LogP contribution in [0.2, 0.25) is 0 Å². The van der Waals surface area contributed by atoms with Gasteiger partial charge in [0.1, 0.15) is 6.61 Å². The van der Waals surface area contributed by atoms with Gasteiger partial charge in [-0.2, -0.15) is 0 Å². The molecular formula is C13H17BrN2O2. The smallest absolute Gasteiger partial charge is 0.253 e. The summed E-state index contributed by atoms with van der Waals surface area (Å²) in [6.07, 6.45) is 0.810. The van der Waals surface area contributed by atoms with Gasteiger partial charge in [0.05, 0.1) is 12.6 Å². The topological polar surface area (TPSA) is 55.6 Å². The Morgan fingerprint density at radius 1 is 1.56 bits per heavy atom. The lowest BCUT2D eigenvalue weighted by Gasteiger charge is -2.32. The summed E-state index contributed by atoms with van der Waals surface area (Å²) in [6.45, 7) is 3.30. The Kier molecular flexibility index (Phi) is 4.37. The van der Waals surface area contributed by atoms with Crippen LogP contribution in [0.1, 0.15) is 12.0 Å². The van der Waals surface area contributed by atoms with Crippen LogP contribution in [0.25, 0.3) is 0 Å². The Morgan fingerprint density at radius 3 is 3.00 bits per heavy atom. The van der Waals surface area contributed by atoms with Crippen LogP contribution in [0.4, 0.5) is 5.69 Å². The minimum absolute atomic E-state index is 0.000903. The molecule has 1 heterocycles. The summed E-state index contributed by atoms with van der Waals surface area (Å²) in [5.41, 5.74) is 7.59. The van der Waals surface area contributed by atoms with Crippen LogP contribution >= 0.6 is 15.9 Å². The highest BCUT2D eigenvalue weighted by Gasteiger charge is 2.27. The van der Waals surface area contributed by atoms with Crippen molar-refractivity contribution >= 4 is 27.5 Å². The maximum absolute atomic E-state index is 11.9. The van der Waals surface area contributed by atoms with Crippen molar-refractivity contribution in [1.82, 2.24) is 0 Å². The van der Waals surface area contributed by atoms with Crippen LogP contribution in [-0.2, 0) is 9.53 Å². The van der Waals surface area contributed by atoms with Gasteiger partial charge in [0.25, 0.3) is 5.91 Å². The summed E-state index contributed by atoms with van der Waals surface area (Å²) in [5, 5.41) is 0. The number of carbonyl (C=O) groups excluding carboxylic acids is 1. The zero-order chi connectivity index (χ0) is 13.1. The summed E-state index contributed by atoms with van der Waals surface area (Å²) in [6, 6.07) is 5.93. The maximum Gasteiger partial charge on any atom is 0.253 e. The van der Waals surface area contributed by atoms with Crippen LogP contribution in [-0.4, -0.2) is 31.7 Å². The Labute approximate surface area is 115 Å². The number of hydrogen-bond donors (Lipinski definition) is 1. The predicted octanol–water partition coefficient (Wildman–Crippen LogP) is 1.84. The van der Waals surface area contributed by atoms with Gasteiger partial charge in [-0.1, -0.05) is 22.0 Å². The van der Waals surface area contributed by atoms with E-state index in [4.69, 9.17) is 10.5 Å². The molecule has 0 saturated carbocycles. The first-order valence-electron chi connectivity index (χ1n) is 6.00. The van der Waals surface area contributed by atoms with E-state index in [1.54, 1.807) is 4.90 Å². The number of amides is 1. The molecule has 2 rings (SSSR count). The summed E-state index contributed by atoms with van der Waals surface area (Å²) in [5.74, 6) is -0.000903. The van der Waals surface area contributed by atoms with E-state index in [2.05, 4.69) is 15.9 Å². The van der Waals surface area contributed by atoms with Crippen LogP contribution in [0.3, 0.4) is 0 Å². The Hall–Kier alpha value is -0.910. The summed E-state index contributed by atoms with van der Waals surface area (Å²) < 4.78 is 6.46. The lowest BCUT2D eigenvalue weighted by molar-refractivity contribution is -0.129. The number of halogens is 1. The van der Waals surface area contributed by atoms with Crippen molar-refractivity contribution in [3.8, 4) is 0 Å². The van der Waals surface area contributed by atoms with E-state index in [1.165, 1.54) is 0 Å². The van der Waals surface area contributed by atoms with Gasteiger partial charge < -0.3 is 15.4 Å². The number of morpholine rings is 1. The van der Waals surface area contributed by atoms with Crippen molar-refractivity contribution in [3.63, 3.8) is 0 Å². The van der Waals surface area contributed by atoms with Crippen molar-refractivity contribution in [2.75, 3.05) is 24.6 Å². The number of aryl methyl sites for hydroxylation is 1. The predicted molar refractivity (Wildman–Crippen MR) is 74.6 cm³/mol. The average Bonchev–Trinajstić information content (AvgIpc) is 2.35. The van der Waals surface area contributed by atoms with Crippen molar-refractivity contribution in [2.45, 2.75) is 19.4 Å². The maximum atomic E-state index is 11.9. The standard InChI is InChI=1S/C13H17BrN2O2/c1-9-2-3-10(6-12(9)14)16-7-11(4-5-15)18-8-13(16)17/h2-3,6,11H,4-5,7-8,15H2,1H3. The molecule has 1 unspecified atom stereocenters. The fraction of sp³-hybridized carbons (Fsp3) is 0.462. The molecule has 98 valence electrons. The van der Waals surface area contributed by atoms with E-state index in [-0.39, 0.29) is 18.6 Å². The number of hydrogen-bond acceptors (Lipinski definition) is 3. The first-order chi connectivity index (χ1) is 8.61. The molecule has 1 atom stereocenters. The van der Waals surface area contributed by atoms with Crippen LogP contribution in [0.5, 0.6) is 0 Å². The highest BCUT2D eigenvalue weighted by Crippen LogP contribution is 2.25. The van der Waals surface area contributed by atoms with Gasteiger partial charge in [-0.15, -0.1) is 0 Å². The van der Waals surface area contributed by atoms with E-state index >= 15 is 0 Å². The summed E-state index contributed by atoms with van der Waals surface area (Å²) >= 11 is 3.49. The van der Waals surface area contributed by atoms with Gasteiger partial charge in [-0.3, -0.25) is 4.79 Å². The van der Waals surface area contributed by atoms with Gasteiger partial charge in [-0.05, 0) is 37.6 Å². The third kappa shape index (κ3) is 2.91. The molecule has 1 amide bonds.